The number of allylic oxidation sites excluding steroid dienone is 1. The van der Waals surface area contributed by atoms with Gasteiger partial charge in [0.15, 0.2) is 5.78 Å². The third-order valence-corrected chi connectivity index (χ3v) is 1.63. The second-order valence-electron chi connectivity index (χ2n) is 4.28. The minimum absolute atomic E-state index is 0.455. The molecular formula is C10H14F2O2. The minimum atomic E-state index is -3.53. The number of hydrogen-bond acceptors (Lipinski definition) is 2. The van der Waals surface area contributed by atoms with Gasteiger partial charge in [-0.25, -0.2) is 0 Å². The van der Waals surface area contributed by atoms with Gasteiger partial charge in [0, 0.05) is 12.3 Å². The molecule has 0 N–H and O–H groups in total. The molecular weight excluding hydrogens is 190 g/mol. The lowest BCUT2D eigenvalue weighted by Gasteiger charge is -2.19. The molecule has 0 heterocycles. The molecule has 0 aromatic heterocycles. The zero-order valence-corrected chi connectivity index (χ0v) is 8.78. The molecule has 0 amide bonds. The second-order valence-corrected chi connectivity index (χ2v) is 4.28. The van der Waals surface area contributed by atoms with Gasteiger partial charge in [0.1, 0.15) is 0 Å². The van der Waals surface area contributed by atoms with Crippen molar-refractivity contribution in [3.63, 3.8) is 0 Å². The van der Waals surface area contributed by atoms with Gasteiger partial charge in [-0.05, 0) is 0 Å². The van der Waals surface area contributed by atoms with E-state index in [0.29, 0.717) is 6.92 Å². The molecule has 0 aliphatic rings. The van der Waals surface area contributed by atoms with E-state index < -0.39 is 28.5 Å². The predicted molar refractivity (Wildman–Crippen MR) is 49.2 cm³/mol. The molecule has 14 heavy (non-hydrogen) atoms. The van der Waals surface area contributed by atoms with Crippen molar-refractivity contribution < 1.29 is 18.4 Å². The first kappa shape index (κ1) is 12.9. The Morgan fingerprint density at radius 2 is 1.36 bits per heavy atom. The third-order valence-electron chi connectivity index (χ3n) is 1.63. The van der Waals surface area contributed by atoms with E-state index >= 15 is 0 Å². The van der Waals surface area contributed by atoms with Crippen molar-refractivity contribution in [2.24, 2.45) is 5.41 Å². The Labute approximate surface area is 82.0 Å². The molecule has 2 nitrogen and oxygen atoms in total. The fraction of sp³-hybridized carbons (Fsp3) is 0.600. The smallest absolute Gasteiger partial charge is 0.293 e. The van der Waals surface area contributed by atoms with Gasteiger partial charge in [-0.3, -0.25) is 9.59 Å². The highest BCUT2D eigenvalue weighted by molar-refractivity contribution is 6.23. The van der Waals surface area contributed by atoms with Crippen LogP contribution >= 0.6 is 0 Å². The number of halogens is 2. The Balaban J connectivity index is 4.85. The van der Waals surface area contributed by atoms with Gasteiger partial charge in [-0.15, -0.1) is 0 Å². The summed E-state index contributed by atoms with van der Waals surface area (Å²) in [7, 11) is 0. The Kier molecular flexibility index (Phi) is 3.32. The molecule has 0 radical (unpaired) electrons. The van der Waals surface area contributed by atoms with Crippen LogP contribution in [0, 0.1) is 5.41 Å². The van der Waals surface area contributed by atoms with E-state index in [1.165, 1.54) is 0 Å². The van der Waals surface area contributed by atoms with Crippen LogP contribution in [0.1, 0.15) is 27.7 Å². The van der Waals surface area contributed by atoms with E-state index in [4.69, 9.17) is 0 Å². The number of rotatable bonds is 3. The Bertz CT molecular complexity index is 251. The lowest BCUT2D eigenvalue weighted by molar-refractivity contribution is -0.139. The summed E-state index contributed by atoms with van der Waals surface area (Å²) in [6, 6.07) is 0. The number of carbonyl (C=O) groups is 2. The van der Waals surface area contributed by atoms with E-state index in [1.54, 1.807) is 20.8 Å². The number of carbonyl (C=O) groups excluding carboxylic acids is 2. The van der Waals surface area contributed by atoms with Crippen molar-refractivity contribution >= 4 is 11.6 Å². The fourth-order valence-corrected chi connectivity index (χ4v) is 0.821. The predicted octanol–water partition coefficient (Wildman–Crippen LogP) is 2.38. The molecule has 0 aliphatic heterocycles. The molecule has 0 saturated heterocycles. The van der Waals surface area contributed by atoms with Crippen molar-refractivity contribution in [3.05, 3.63) is 12.2 Å². The summed E-state index contributed by atoms with van der Waals surface area (Å²) in [5.74, 6) is -5.68. The van der Waals surface area contributed by atoms with Crippen molar-refractivity contribution in [3.8, 4) is 0 Å². The first-order valence-corrected chi connectivity index (χ1v) is 4.14. The first-order valence-electron chi connectivity index (χ1n) is 4.14. The number of hydrogen-bond donors (Lipinski definition) is 0. The van der Waals surface area contributed by atoms with Crippen LogP contribution in [0.5, 0.6) is 0 Å². The monoisotopic (exact) mass is 204 g/mol. The van der Waals surface area contributed by atoms with Crippen LogP contribution < -0.4 is 0 Å². The topological polar surface area (TPSA) is 34.1 Å². The Morgan fingerprint density at radius 3 is 1.57 bits per heavy atom. The molecule has 0 rings (SSSR count). The van der Waals surface area contributed by atoms with E-state index in [2.05, 4.69) is 6.58 Å². The molecule has 0 aliphatic carbocycles. The highest BCUT2D eigenvalue weighted by atomic mass is 19.3. The van der Waals surface area contributed by atoms with Crippen LogP contribution in [0.15, 0.2) is 12.2 Å². The van der Waals surface area contributed by atoms with Crippen molar-refractivity contribution in [1.29, 1.82) is 0 Å². The summed E-state index contributed by atoms with van der Waals surface area (Å²) >= 11 is 0. The standard InChI is InChI=1S/C10H14F2O2/c1-6(7(13)9(2,3)4)8(14)10(5,11)12/h1H2,2-5H3. The van der Waals surface area contributed by atoms with Gasteiger partial charge in [0.2, 0.25) is 5.78 Å². The van der Waals surface area contributed by atoms with Crippen molar-refractivity contribution in [2.45, 2.75) is 33.6 Å². The SMILES string of the molecule is C=C(C(=O)C(C)(C)C)C(=O)C(C)(F)F. The summed E-state index contributed by atoms with van der Waals surface area (Å²) in [6.45, 7) is 8.19. The molecule has 4 heteroatoms. The zero-order chi connectivity index (χ0) is 11.7. The van der Waals surface area contributed by atoms with E-state index in [-0.39, 0.29) is 0 Å². The normalized spacial score (nSPS) is 12.4. The average Bonchev–Trinajstić information content (AvgIpc) is 1.97. The Hall–Kier alpha value is -1.06. The number of ketones is 2. The number of Topliss-reactive ketones (excluding diaryl/α,β-unsaturated/α-hetero) is 2. The average molecular weight is 204 g/mol. The molecule has 0 bridgehead atoms. The minimum Gasteiger partial charge on any atom is -0.293 e. The summed E-state index contributed by atoms with van der Waals surface area (Å²) in [5.41, 5.74) is -1.50. The van der Waals surface area contributed by atoms with Gasteiger partial charge in [0.05, 0.1) is 5.57 Å². The molecule has 0 aromatic carbocycles. The lowest BCUT2D eigenvalue weighted by Crippen LogP contribution is -2.33. The first-order chi connectivity index (χ1) is 5.98. The van der Waals surface area contributed by atoms with Crippen molar-refractivity contribution in [1.82, 2.24) is 0 Å². The van der Waals surface area contributed by atoms with E-state index in [0.717, 1.165) is 0 Å². The second kappa shape index (κ2) is 3.59. The fourth-order valence-electron chi connectivity index (χ4n) is 0.821. The maximum Gasteiger partial charge on any atom is 0.307 e. The van der Waals surface area contributed by atoms with E-state index in [1.807, 2.05) is 0 Å². The molecule has 0 saturated carbocycles. The van der Waals surface area contributed by atoms with Crippen LogP contribution in [0.2, 0.25) is 0 Å². The largest absolute Gasteiger partial charge is 0.307 e. The Morgan fingerprint density at radius 1 is 1.00 bits per heavy atom. The molecule has 80 valence electrons. The summed E-state index contributed by atoms with van der Waals surface area (Å²) in [5, 5.41) is 0. The summed E-state index contributed by atoms with van der Waals surface area (Å²) in [4.78, 5) is 22.4. The van der Waals surface area contributed by atoms with Crippen LogP contribution in [0.4, 0.5) is 8.78 Å². The van der Waals surface area contributed by atoms with Crippen molar-refractivity contribution in [2.75, 3.05) is 0 Å². The summed E-state index contributed by atoms with van der Waals surface area (Å²) in [6.07, 6.45) is 0. The highest BCUT2D eigenvalue weighted by Gasteiger charge is 2.39. The molecule has 0 aromatic rings. The highest BCUT2D eigenvalue weighted by Crippen LogP contribution is 2.24. The summed E-state index contributed by atoms with van der Waals surface area (Å²) < 4.78 is 25.1. The van der Waals surface area contributed by atoms with Crippen LogP contribution in [0.3, 0.4) is 0 Å². The van der Waals surface area contributed by atoms with Crippen LogP contribution in [0.25, 0.3) is 0 Å². The van der Waals surface area contributed by atoms with Gasteiger partial charge in [-0.2, -0.15) is 8.78 Å². The quantitative estimate of drug-likeness (QED) is 0.402. The van der Waals surface area contributed by atoms with E-state index in [9.17, 15) is 18.4 Å². The van der Waals surface area contributed by atoms with Crippen LogP contribution in [-0.2, 0) is 9.59 Å². The number of alkyl halides is 2. The molecule has 0 spiro atoms. The zero-order valence-electron chi connectivity index (χ0n) is 8.78. The van der Waals surface area contributed by atoms with Gasteiger partial charge < -0.3 is 0 Å². The van der Waals surface area contributed by atoms with Gasteiger partial charge in [-0.1, -0.05) is 27.4 Å². The maximum absolute atomic E-state index is 12.6. The van der Waals surface area contributed by atoms with Crippen LogP contribution in [-0.4, -0.2) is 17.5 Å². The third kappa shape index (κ3) is 3.01. The molecule has 0 unspecified atom stereocenters. The van der Waals surface area contributed by atoms with Gasteiger partial charge in [0.25, 0.3) is 0 Å². The lowest BCUT2D eigenvalue weighted by atomic mass is 9.84. The molecule has 0 fully saturated rings. The molecule has 0 atom stereocenters. The maximum atomic E-state index is 12.6. The van der Waals surface area contributed by atoms with Gasteiger partial charge >= 0.3 is 5.92 Å².